The fourth-order valence-corrected chi connectivity index (χ4v) is 2.08. The second kappa shape index (κ2) is 7.50. The molecule has 0 spiro atoms. The van der Waals surface area contributed by atoms with Crippen LogP contribution in [0.3, 0.4) is 0 Å². The molecule has 112 valence electrons. The molecule has 0 aliphatic carbocycles. The summed E-state index contributed by atoms with van der Waals surface area (Å²) >= 11 is 0. The molecule has 0 radical (unpaired) electrons. The van der Waals surface area contributed by atoms with Crippen LogP contribution in [-0.4, -0.2) is 20.9 Å². The Morgan fingerprint density at radius 3 is 2.45 bits per heavy atom. The van der Waals surface area contributed by atoms with Crippen LogP contribution in [0.5, 0.6) is 5.75 Å². The van der Waals surface area contributed by atoms with Crippen molar-refractivity contribution in [3.8, 4) is 5.75 Å². The summed E-state index contributed by atoms with van der Waals surface area (Å²) in [5, 5.41) is 2.85. The monoisotopic (exact) mass is 319 g/mol. The molecule has 7 heteroatoms. The van der Waals surface area contributed by atoms with E-state index in [2.05, 4.69) is 9.50 Å². The fraction of sp³-hybridized carbons (Fsp3) is 0.462. The Morgan fingerprint density at radius 2 is 1.95 bits per heavy atom. The third-order valence-electron chi connectivity index (χ3n) is 2.89. The molecule has 0 aromatic heterocycles. The van der Waals surface area contributed by atoms with Crippen LogP contribution in [0.15, 0.2) is 24.3 Å². The van der Waals surface area contributed by atoms with Gasteiger partial charge < -0.3 is 9.50 Å². The molecule has 0 bridgehead atoms. The number of nitrogens with one attached hydrogen (secondary N) is 1. The molecule has 1 atom stereocenters. The van der Waals surface area contributed by atoms with Crippen molar-refractivity contribution in [1.29, 1.82) is 0 Å². The number of hydrogen-bond donors (Lipinski definition) is 1. The quantitative estimate of drug-likeness (QED) is 0.782. The van der Waals surface area contributed by atoms with E-state index in [1.54, 1.807) is 12.1 Å². The van der Waals surface area contributed by atoms with Crippen molar-refractivity contribution in [2.75, 3.05) is 6.54 Å². The molecule has 1 N–H and O–H groups in total. The zero-order valence-corrected chi connectivity index (χ0v) is 13.0. The van der Waals surface area contributed by atoms with E-state index in [0.717, 1.165) is 12.0 Å². The van der Waals surface area contributed by atoms with E-state index >= 15 is 0 Å². The molecule has 1 unspecified atom stereocenters. The second-order valence-corrected chi connectivity index (χ2v) is 6.56. The lowest BCUT2D eigenvalue weighted by Gasteiger charge is -2.10. The molecule has 0 saturated heterocycles. The molecule has 0 aliphatic rings. The topological polar surface area (TPSA) is 72.5 Å². The maximum absolute atomic E-state index is 11.6. The van der Waals surface area contributed by atoms with E-state index in [4.69, 9.17) is 10.7 Å². The zero-order chi connectivity index (χ0) is 15.2. The summed E-state index contributed by atoms with van der Waals surface area (Å²) in [6.45, 7) is 4.39. The number of benzene rings is 1. The highest BCUT2D eigenvalue weighted by Gasteiger charge is 2.09. The van der Waals surface area contributed by atoms with Gasteiger partial charge in [0.2, 0.25) is 5.91 Å². The molecule has 0 fully saturated rings. The van der Waals surface area contributed by atoms with Gasteiger partial charge >= 0.3 is 9.33 Å². The normalized spacial score (nSPS) is 12.8. The molecule has 1 aromatic carbocycles. The minimum absolute atomic E-state index is 0.0136. The number of amides is 1. The average molecular weight is 320 g/mol. The Hall–Kier alpha value is -1.27. The molecule has 1 rings (SSSR count). The number of carbonyl (C=O) groups excluding carboxylic acids is 1. The van der Waals surface area contributed by atoms with E-state index < -0.39 is 9.33 Å². The minimum atomic E-state index is -4.02. The van der Waals surface area contributed by atoms with Crippen molar-refractivity contribution < 1.29 is 17.4 Å². The van der Waals surface area contributed by atoms with Gasteiger partial charge in [-0.1, -0.05) is 26.0 Å². The smallest absolute Gasteiger partial charge is 0.371 e. The lowest BCUT2D eigenvalue weighted by Crippen LogP contribution is -2.30. The van der Waals surface area contributed by atoms with Gasteiger partial charge in [0.1, 0.15) is 5.75 Å². The number of halogens is 1. The van der Waals surface area contributed by atoms with Gasteiger partial charge in [-0.05, 0) is 30.5 Å². The number of hydrogen-bond acceptors (Lipinski definition) is 4. The van der Waals surface area contributed by atoms with Crippen LogP contribution in [0.25, 0.3) is 0 Å². The molecular formula is C13H18ClNO4S. The summed E-state index contributed by atoms with van der Waals surface area (Å²) in [6, 6.07) is 6.50. The fourth-order valence-electron chi connectivity index (χ4n) is 1.52. The second-order valence-electron chi connectivity index (χ2n) is 4.47. The first kappa shape index (κ1) is 16.8. The first-order valence-electron chi connectivity index (χ1n) is 6.32. The zero-order valence-electron chi connectivity index (χ0n) is 11.4. The molecule has 0 aliphatic heterocycles. The highest BCUT2D eigenvalue weighted by atomic mass is 35.7. The SMILES string of the molecule is CCC(C)C(=O)NCCc1ccc(OS(=O)(=O)Cl)cc1. The Balaban J connectivity index is 2.44. The van der Waals surface area contributed by atoms with Crippen LogP contribution in [0.1, 0.15) is 25.8 Å². The first-order chi connectivity index (χ1) is 9.31. The lowest BCUT2D eigenvalue weighted by atomic mass is 10.1. The summed E-state index contributed by atoms with van der Waals surface area (Å²) in [4.78, 5) is 11.6. The third-order valence-corrected chi connectivity index (χ3v) is 3.47. The van der Waals surface area contributed by atoms with Gasteiger partial charge in [-0.25, -0.2) is 0 Å². The molecular weight excluding hydrogens is 302 g/mol. The maximum Gasteiger partial charge on any atom is 0.401 e. The predicted molar refractivity (Wildman–Crippen MR) is 78.0 cm³/mol. The summed E-state index contributed by atoms with van der Waals surface area (Å²) in [5.74, 6) is 0.216. The third kappa shape index (κ3) is 6.25. The van der Waals surface area contributed by atoms with Gasteiger partial charge in [-0.2, -0.15) is 8.42 Å². The van der Waals surface area contributed by atoms with Crippen molar-refractivity contribution in [2.24, 2.45) is 5.92 Å². The van der Waals surface area contributed by atoms with E-state index in [1.165, 1.54) is 12.1 Å². The van der Waals surface area contributed by atoms with Crippen LogP contribution < -0.4 is 9.50 Å². The van der Waals surface area contributed by atoms with Crippen molar-refractivity contribution in [3.05, 3.63) is 29.8 Å². The highest BCUT2D eigenvalue weighted by molar-refractivity contribution is 8.10. The van der Waals surface area contributed by atoms with Gasteiger partial charge in [0.25, 0.3) is 0 Å². The Labute approximate surface area is 123 Å². The van der Waals surface area contributed by atoms with Gasteiger partial charge in [0.05, 0.1) is 10.7 Å². The summed E-state index contributed by atoms with van der Waals surface area (Å²) < 4.78 is 26.0. The van der Waals surface area contributed by atoms with Crippen LogP contribution in [0.2, 0.25) is 0 Å². The summed E-state index contributed by atoms with van der Waals surface area (Å²) in [5.41, 5.74) is 0.966. The van der Waals surface area contributed by atoms with Crippen molar-refractivity contribution in [2.45, 2.75) is 26.7 Å². The van der Waals surface area contributed by atoms with Crippen molar-refractivity contribution >= 4 is 25.9 Å². The average Bonchev–Trinajstić information content (AvgIpc) is 2.38. The summed E-state index contributed by atoms with van der Waals surface area (Å²) in [6.07, 6.45) is 1.47. The van der Waals surface area contributed by atoms with Gasteiger partial charge in [-0.3, -0.25) is 4.79 Å². The van der Waals surface area contributed by atoms with E-state index in [1.807, 2.05) is 13.8 Å². The molecule has 0 heterocycles. The van der Waals surface area contributed by atoms with Crippen molar-refractivity contribution in [1.82, 2.24) is 5.32 Å². The van der Waals surface area contributed by atoms with E-state index in [0.29, 0.717) is 13.0 Å². The van der Waals surface area contributed by atoms with Crippen LogP contribution in [0.4, 0.5) is 0 Å². The number of carbonyl (C=O) groups is 1. The molecule has 0 saturated carbocycles. The van der Waals surface area contributed by atoms with Crippen LogP contribution in [0, 0.1) is 5.92 Å². The van der Waals surface area contributed by atoms with Crippen LogP contribution in [-0.2, 0) is 20.5 Å². The Kier molecular flexibility index (Phi) is 6.29. The number of rotatable bonds is 7. The minimum Gasteiger partial charge on any atom is -0.371 e. The molecule has 1 aromatic rings. The predicted octanol–water partition coefficient (Wildman–Crippen LogP) is 2.25. The largest absolute Gasteiger partial charge is 0.401 e. The van der Waals surface area contributed by atoms with E-state index in [9.17, 15) is 13.2 Å². The standard InChI is InChI=1S/C13H18ClNO4S/c1-3-10(2)13(16)15-9-8-11-4-6-12(7-5-11)19-20(14,17)18/h4-7,10H,3,8-9H2,1-2H3,(H,15,16). The highest BCUT2D eigenvalue weighted by Crippen LogP contribution is 2.16. The Morgan fingerprint density at radius 1 is 1.35 bits per heavy atom. The van der Waals surface area contributed by atoms with Crippen LogP contribution >= 0.6 is 10.7 Å². The maximum atomic E-state index is 11.6. The van der Waals surface area contributed by atoms with Gasteiger partial charge in [-0.15, -0.1) is 0 Å². The molecule has 1 amide bonds. The first-order valence-corrected chi connectivity index (χ1v) is 8.56. The molecule has 5 nitrogen and oxygen atoms in total. The molecule has 20 heavy (non-hydrogen) atoms. The van der Waals surface area contributed by atoms with Gasteiger partial charge in [0.15, 0.2) is 0 Å². The summed E-state index contributed by atoms with van der Waals surface area (Å²) in [7, 11) is 0.956. The van der Waals surface area contributed by atoms with E-state index in [-0.39, 0.29) is 17.6 Å². The lowest BCUT2D eigenvalue weighted by molar-refractivity contribution is -0.124. The van der Waals surface area contributed by atoms with Gasteiger partial charge in [0, 0.05) is 12.5 Å². The Bertz CT molecular complexity index is 542. The van der Waals surface area contributed by atoms with Crippen molar-refractivity contribution in [3.63, 3.8) is 0 Å².